The molecule has 0 atom stereocenters. The molecule has 28 heavy (non-hydrogen) atoms. The third-order valence-corrected chi connectivity index (χ3v) is 2.82. The fourth-order valence-corrected chi connectivity index (χ4v) is 1.29. The first-order chi connectivity index (χ1) is 12.8. The van der Waals surface area contributed by atoms with E-state index in [1.807, 2.05) is 0 Å². The summed E-state index contributed by atoms with van der Waals surface area (Å²) in [7, 11) is 0. The van der Waals surface area contributed by atoms with Crippen molar-refractivity contribution in [3.8, 4) is 0 Å². The molecule has 0 rings (SSSR count). The summed E-state index contributed by atoms with van der Waals surface area (Å²) in [5, 5.41) is 0. The molecule has 0 aliphatic carbocycles. The molecule has 0 N–H and O–H groups in total. The van der Waals surface area contributed by atoms with Crippen LogP contribution in [0.4, 0.5) is 9.59 Å². The Morgan fingerprint density at radius 2 is 0.679 bits per heavy atom. The van der Waals surface area contributed by atoms with Crippen LogP contribution in [0.2, 0.25) is 0 Å². The van der Waals surface area contributed by atoms with Gasteiger partial charge in [-0.25, -0.2) is 9.59 Å². The van der Waals surface area contributed by atoms with Crippen molar-refractivity contribution in [2.45, 2.75) is 41.5 Å². The quantitative estimate of drug-likeness (QED) is 0.320. The second-order valence-corrected chi connectivity index (χ2v) is 7.67. The Balaban J connectivity index is 3.65. The fraction of sp³-hybridized carbons (Fsp3) is 0.778. The van der Waals surface area contributed by atoms with E-state index in [0.29, 0.717) is 0 Å². The topological polar surface area (TPSA) is 124 Å². The maximum atomic E-state index is 11.5. The molecule has 0 bridgehead atoms. The SMILES string of the molecule is CC(C)(C)C(=O)OCCOC(=O)OCCOC(=O)OCCOC(=O)C(C)(C)C. The largest absolute Gasteiger partial charge is 0.508 e. The van der Waals surface area contributed by atoms with Gasteiger partial charge < -0.3 is 28.4 Å². The smallest absolute Gasteiger partial charge is 0.462 e. The second kappa shape index (κ2) is 12.0. The number of carbonyl (C=O) groups excluding carboxylic acids is 4. The Labute approximate surface area is 164 Å². The van der Waals surface area contributed by atoms with Crippen LogP contribution >= 0.6 is 0 Å². The Morgan fingerprint density at radius 1 is 0.464 bits per heavy atom. The van der Waals surface area contributed by atoms with Crippen molar-refractivity contribution in [3.63, 3.8) is 0 Å². The van der Waals surface area contributed by atoms with Crippen LogP contribution in [0.1, 0.15) is 41.5 Å². The maximum absolute atomic E-state index is 11.5. The molecular formula is C18H30O10. The summed E-state index contributed by atoms with van der Waals surface area (Å²) in [6, 6.07) is 0. The summed E-state index contributed by atoms with van der Waals surface area (Å²) in [6.07, 6.45) is -1.98. The van der Waals surface area contributed by atoms with Crippen LogP contribution in [0.5, 0.6) is 0 Å². The molecule has 162 valence electrons. The fourth-order valence-electron chi connectivity index (χ4n) is 1.29. The van der Waals surface area contributed by atoms with Gasteiger partial charge in [0.25, 0.3) is 0 Å². The van der Waals surface area contributed by atoms with E-state index >= 15 is 0 Å². The van der Waals surface area contributed by atoms with Crippen LogP contribution in [0.3, 0.4) is 0 Å². The Kier molecular flexibility index (Phi) is 11.0. The highest BCUT2D eigenvalue weighted by molar-refractivity contribution is 5.75. The van der Waals surface area contributed by atoms with Crippen LogP contribution in [-0.4, -0.2) is 63.9 Å². The Hall–Kier alpha value is -2.52. The molecule has 0 radical (unpaired) electrons. The van der Waals surface area contributed by atoms with Crippen LogP contribution < -0.4 is 0 Å². The number of carbonyl (C=O) groups is 4. The molecule has 0 fully saturated rings. The summed E-state index contributed by atoms with van der Waals surface area (Å²) in [4.78, 5) is 45.5. The minimum absolute atomic E-state index is 0.0895. The minimum Gasteiger partial charge on any atom is -0.462 e. The van der Waals surface area contributed by atoms with Crippen molar-refractivity contribution in [3.05, 3.63) is 0 Å². The maximum Gasteiger partial charge on any atom is 0.508 e. The van der Waals surface area contributed by atoms with E-state index in [1.54, 1.807) is 41.5 Å². The van der Waals surface area contributed by atoms with Gasteiger partial charge in [0.05, 0.1) is 10.8 Å². The van der Waals surface area contributed by atoms with Gasteiger partial charge in [0.15, 0.2) is 0 Å². The molecule has 0 heterocycles. The van der Waals surface area contributed by atoms with Gasteiger partial charge in [0.1, 0.15) is 39.6 Å². The van der Waals surface area contributed by atoms with Gasteiger partial charge in [0, 0.05) is 0 Å². The minimum atomic E-state index is -0.988. The van der Waals surface area contributed by atoms with Crippen molar-refractivity contribution in [1.29, 1.82) is 0 Å². The summed E-state index contributed by atoms with van der Waals surface area (Å²) in [5.41, 5.74) is -1.28. The van der Waals surface area contributed by atoms with Crippen LogP contribution in [0.25, 0.3) is 0 Å². The average Bonchev–Trinajstić information content (AvgIpc) is 2.57. The van der Waals surface area contributed by atoms with Crippen molar-refractivity contribution < 1.29 is 47.6 Å². The molecule has 0 aromatic rings. The molecule has 10 nitrogen and oxygen atoms in total. The standard InChI is InChI=1S/C18H30O10/c1-17(2,3)13(19)23-7-9-25-15(21)27-11-12-28-16(22)26-10-8-24-14(20)18(4,5)6/h7-12H2,1-6H3. The molecule has 0 aromatic heterocycles. The van der Waals surface area contributed by atoms with Gasteiger partial charge in [0.2, 0.25) is 0 Å². The third-order valence-electron chi connectivity index (χ3n) is 2.82. The highest BCUT2D eigenvalue weighted by Gasteiger charge is 2.23. The lowest BCUT2D eigenvalue weighted by molar-refractivity contribution is -0.154. The average molecular weight is 406 g/mol. The molecule has 0 spiro atoms. The van der Waals surface area contributed by atoms with Crippen molar-refractivity contribution in [2.24, 2.45) is 10.8 Å². The number of rotatable bonds is 9. The first kappa shape index (κ1) is 25.5. The molecule has 10 heteroatoms. The number of hydrogen-bond acceptors (Lipinski definition) is 10. The van der Waals surface area contributed by atoms with E-state index in [4.69, 9.17) is 9.47 Å². The molecular weight excluding hydrogens is 376 g/mol. The zero-order valence-corrected chi connectivity index (χ0v) is 17.3. The Morgan fingerprint density at radius 3 is 0.893 bits per heavy atom. The lowest BCUT2D eigenvalue weighted by Gasteiger charge is -2.16. The summed E-state index contributed by atoms with van der Waals surface area (Å²) >= 11 is 0. The molecule has 0 amide bonds. The van der Waals surface area contributed by atoms with Crippen LogP contribution in [0.15, 0.2) is 0 Å². The van der Waals surface area contributed by atoms with E-state index in [1.165, 1.54) is 0 Å². The molecule has 0 aliphatic rings. The van der Waals surface area contributed by atoms with Gasteiger partial charge in [-0.15, -0.1) is 0 Å². The number of esters is 2. The van der Waals surface area contributed by atoms with Gasteiger partial charge >= 0.3 is 24.2 Å². The monoisotopic (exact) mass is 406 g/mol. The molecule has 0 aliphatic heterocycles. The van der Waals surface area contributed by atoms with E-state index < -0.39 is 35.1 Å². The van der Waals surface area contributed by atoms with Crippen LogP contribution in [0, 0.1) is 10.8 Å². The van der Waals surface area contributed by atoms with E-state index in [-0.39, 0.29) is 39.6 Å². The third kappa shape index (κ3) is 12.8. The van der Waals surface area contributed by atoms with Crippen molar-refractivity contribution in [1.82, 2.24) is 0 Å². The lowest BCUT2D eigenvalue weighted by Crippen LogP contribution is -2.25. The molecule has 0 saturated heterocycles. The zero-order chi connectivity index (χ0) is 21.8. The summed E-state index contributed by atoms with van der Waals surface area (Å²) < 4.78 is 28.5. The normalized spacial score (nSPS) is 11.2. The van der Waals surface area contributed by atoms with Gasteiger partial charge in [-0.05, 0) is 41.5 Å². The second-order valence-electron chi connectivity index (χ2n) is 7.67. The molecule has 0 saturated carbocycles. The van der Waals surface area contributed by atoms with Crippen molar-refractivity contribution in [2.75, 3.05) is 39.6 Å². The summed E-state index contributed by atoms with van der Waals surface area (Å²) in [6.45, 7) is 9.24. The molecule has 0 aromatic carbocycles. The van der Waals surface area contributed by atoms with Crippen LogP contribution in [-0.2, 0) is 38.0 Å². The first-order valence-corrected chi connectivity index (χ1v) is 8.77. The lowest BCUT2D eigenvalue weighted by atomic mass is 9.97. The highest BCUT2D eigenvalue weighted by atomic mass is 16.8. The van der Waals surface area contributed by atoms with Gasteiger partial charge in [-0.3, -0.25) is 9.59 Å². The Bertz CT molecular complexity index is 479. The zero-order valence-electron chi connectivity index (χ0n) is 17.3. The number of hydrogen-bond donors (Lipinski definition) is 0. The van der Waals surface area contributed by atoms with Crippen molar-refractivity contribution >= 4 is 24.2 Å². The van der Waals surface area contributed by atoms with Gasteiger partial charge in [-0.1, -0.05) is 0 Å². The molecule has 0 unspecified atom stereocenters. The predicted octanol–water partition coefficient (Wildman–Crippen LogP) is 2.47. The first-order valence-electron chi connectivity index (χ1n) is 8.77. The van der Waals surface area contributed by atoms with E-state index in [2.05, 4.69) is 18.9 Å². The van der Waals surface area contributed by atoms with Gasteiger partial charge in [-0.2, -0.15) is 0 Å². The predicted molar refractivity (Wildman–Crippen MR) is 95.4 cm³/mol. The van der Waals surface area contributed by atoms with E-state index in [0.717, 1.165) is 0 Å². The van der Waals surface area contributed by atoms with E-state index in [9.17, 15) is 19.2 Å². The highest BCUT2D eigenvalue weighted by Crippen LogP contribution is 2.15. The summed E-state index contributed by atoms with van der Waals surface area (Å²) in [5.74, 6) is -0.825. The number of ether oxygens (including phenoxy) is 6.